The average molecular weight is 310 g/mol. The first-order chi connectivity index (χ1) is 9.69. The summed E-state index contributed by atoms with van der Waals surface area (Å²) in [6, 6.07) is 9.82. The molecule has 0 radical (unpaired) electrons. The van der Waals surface area contributed by atoms with Crippen molar-refractivity contribution in [2.24, 2.45) is 5.73 Å². The Kier molecular flexibility index (Phi) is 5.80. The second-order valence-electron chi connectivity index (χ2n) is 4.63. The number of hydrogen-bond donors (Lipinski definition) is 2. The van der Waals surface area contributed by atoms with Crippen LogP contribution < -0.4 is 11.1 Å². The van der Waals surface area contributed by atoms with Gasteiger partial charge in [-0.1, -0.05) is 35.3 Å². The van der Waals surface area contributed by atoms with Gasteiger partial charge in [0.05, 0.1) is 10.0 Å². The summed E-state index contributed by atoms with van der Waals surface area (Å²) in [7, 11) is 0. The number of nitrogens with two attached hydrogens (primary N) is 1. The van der Waals surface area contributed by atoms with Gasteiger partial charge in [0, 0.05) is 31.5 Å². The van der Waals surface area contributed by atoms with Crippen LogP contribution in [0.25, 0.3) is 0 Å². The van der Waals surface area contributed by atoms with Crippen molar-refractivity contribution in [2.45, 2.75) is 19.0 Å². The van der Waals surface area contributed by atoms with Crippen LogP contribution >= 0.6 is 23.2 Å². The lowest BCUT2D eigenvalue weighted by atomic mass is 10.1. The Hall–Kier alpha value is -1.13. The van der Waals surface area contributed by atoms with E-state index in [1.807, 2.05) is 24.4 Å². The van der Waals surface area contributed by atoms with Crippen molar-refractivity contribution < 1.29 is 0 Å². The maximum absolute atomic E-state index is 6.00. The Bertz CT molecular complexity index is 546. The molecule has 0 saturated heterocycles. The van der Waals surface area contributed by atoms with Gasteiger partial charge in [-0.05, 0) is 35.7 Å². The minimum absolute atomic E-state index is 0.202. The molecule has 2 aromatic rings. The van der Waals surface area contributed by atoms with Crippen LogP contribution in [0.1, 0.15) is 11.1 Å². The fourth-order valence-corrected chi connectivity index (χ4v) is 2.27. The zero-order chi connectivity index (χ0) is 14.4. The van der Waals surface area contributed by atoms with E-state index in [-0.39, 0.29) is 6.04 Å². The van der Waals surface area contributed by atoms with Crippen LogP contribution in [0, 0.1) is 0 Å². The molecule has 0 spiro atoms. The fraction of sp³-hybridized carbons (Fsp3) is 0.267. The standard InChI is InChI=1S/C15H17Cl2N3/c16-14-4-3-12(7-15(14)17)10-20-13(8-18)6-11-2-1-5-19-9-11/h1-5,7,9,13,20H,6,8,10,18H2. The van der Waals surface area contributed by atoms with E-state index in [1.165, 1.54) is 5.56 Å². The van der Waals surface area contributed by atoms with Crippen LogP contribution in [0.15, 0.2) is 42.7 Å². The zero-order valence-electron chi connectivity index (χ0n) is 11.0. The lowest BCUT2D eigenvalue weighted by molar-refractivity contribution is 0.515. The molecule has 1 heterocycles. The van der Waals surface area contributed by atoms with Gasteiger partial charge in [-0.15, -0.1) is 0 Å². The normalized spacial score (nSPS) is 12.3. The Morgan fingerprint density at radius 1 is 1.15 bits per heavy atom. The Morgan fingerprint density at radius 3 is 2.65 bits per heavy atom. The molecule has 5 heteroatoms. The topological polar surface area (TPSA) is 50.9 Å². The zero-order valence-corrected chi connectivity index (χ0v) is 12.5. The highest BCUT2D eigenvalue weighted by Gasteiger charge is 2.08. The van der Waals surface area contributed by atoms with Crippen molar-refractivity contribution >= 4 is 23.2 Å². The van der Waals surface area contributed by atoms with Crippen molar-refractivity contribution in [3.63, 3.8) is 0 Å². The van der Waals surface area contributed by atoms with Gasteiger partial charge in [-0.25, -0.2) is 0 Å². The Balaban J connectivity index is 1.92. The van der Waals surface area contributed by atoms with Crippen molar-refractivity contribution in [3.05, 3.63) is 63.9 Å². The van der Waals surface area contributed by atoms with E-state index in [1.54, 1.807) is 12.3 Å². The Morgan fingerprint density at radius 2 is 2.00 bits per heavy atom. The van der Waals surface area contributed by atoms with Gasteiger partial charge in [0.1, 0.15) is 0 Å². The van der Waals surface area contributed by atoms with Crippen molar-refractivity contribution in [1.82, 2.24) is 10.3 Å². The predicted molar refractivity (Wildman–Crippen MR) is 84.1 cm³/mol. The maximum atomic E-state index is 6.00. The van der Waals surface area contributed by atoms with E-state index in [0.29, 0.717) is 23.1 Å². The SMILES string of the molecule is NCC(Cc1cccnc1)NCc1ccc(Cl)c(Cl)c1. The molecule has 3 N–H and O–H groups in total. The maximum Gasteiger partial charge on any atom is 0.0595 e. The van der Waals surface area contributed by atoms with E-state index in [4.69, 9.17) is 28.9 Å². The smallest absolute Gasteiger partial charge is 0.0595 e. The van der Waals surface area contributed by atoms with E-state index < -0.39 is 0 Å². The second-order valence-corrected chi connectivity index (χ2v) is 5.44. The minimum Gasteiger partial charge on any atom is -0.329 e. The van der Waals surface area contributed by atoms with Gasteiger partial charge in [0.25, 0.3) is 0 Å². The summed E-state index contributed by atoms with van der Waals surface area (Å²) in [6.45, 7) is 1.27. The molecule has 1 unspecified atom stereocenters. The predicted octanol–water partition coefficient (Wildman–Crippen LogP) is 3.05. The summed E-state index contributed by atoms with van der Waals surface area (Å²) in [6.07, 6.45) is 4.49. The van der Waals surface area contributed by atoms with Gasteiger partial charge >= 0.3 is 0 Å². The molecule has 1 aromatic heterocycles. The summed E-state index contributed by atoms with van der Waals surface area (Å²) in [5.74, 6) is 0. The number of benzene rings is 1. The quantitative estimate of drug-likeness (QED) is 0.862. The molecule has 106 valence electrons. The minimum atomic E-state index is 0.202. The van der Waals surface area contributed by atoms with Crippen LogP contribution in [0.5, 0.6) is 0 Å². The molecule has 0 amide bonds. The summed E-state index contributed by atoms with van der Waals surface area (Å²) < 4.78 is 0. The third-order valence-corrected chi connectivity index (χ3v) is 3.81. The lowest BCUT2D eigenvalue weighted by Crippen LogP contribution is -2.37. The second kappa shape index (κ2) is 7.60. The largest absolute Gasteiger partial charge is 0.329 e. The van der Waals surface area contributed by atoms with Crippen molar-refractivity contribution in [3.8, 4) is 0 Å². The molecule has 3 nitrogen and oxygen atoms in total. The third kappa shape index (κ3) is 4.46. The van der Waals surface area contributed by atoms with Crippen LogP contribution in [-0.4, -0.2) is 17.6 Å². The number of rotatable bonds is 6. The van der Waals surface area contributed by atoms with Crippen LogP contribution in [0.3, 0.4) is 0 Å². The molecule has 0 bridgehead atoms. The van der Waals surface area contributed by atoms with E-state index in [2.05, 4.69) is 16.4 Å². The highest BCUT2D eigenvalue weighted by Crippen LogP contribution is 2.22. The van der Waals surface area contributed by atoms with Gasteiger partial charge in [-0.2, -0.15) is 0 Å². The van der Waals surface area contributed by atoms with Gasteiger partial charge in [0.15, 0.2) is 0 Å². The summed E-state index contributed by atoms with van der Waals surface area (Å²) >= 11 is 11.9. The molecule has 0 aliphatic rings. The number of hydrogen-bond acceptors (Lipinski definition) is 3. The molecule has 0 aliphatic heterocycles. The molecule has 0 aliphatic carbocycles. The monoisotopic (exact) mass is 309 g/mol. The van der Waals surface area contributed by atoms with Gasteiger partial charge in [-0.3, -0.25) is 4.98 Å². The fourth-order valence-electron chi connectivity index (χ4n) is 1.95. The highest BCUT2D eigenvalue weighted by atomic mass is 35.5. The lowest BCUT2D eigenvalue weighted by Gasteiger charge is -2.17. The van der Waals surface area contributed by atoms with Crippen LogP contribution in [-0.2, 0) is 13.0 Å². The van der Waals surface area contributed by atoms with Crippen molar-refractivity contribution in [2.75, 3.05) is 6.54 Å². The first-order valence-corrected chi connectivity index (χ1v) is 7.21. The first kappa shape index (κ1) is 15.3. The number of nitrogens with zero attached hydrogens (tertiary/aromatic N) is 1. The van der Waals surface area contributed by atoms with E-state index in [9.17, 15) is 0 Å². The average Bonchev–Trinajstić information content (AvgIpc) is 2.48. The number of pyridine rings is 1. The van der Waals surface area contributed by atoms with E-state index >= 15 is 0 Å². The molecule has 2 rings (SSSR count). The number of halogens is 2. The van der Waals surface area contributed by atoms with Gasteiger partial charge in [0.2, 0.25) is 0 Å². The molecule has 20 heavy (non-hydrogen) atoms. The molecule has 0 fully saturated rings. The summed E-state index contributed by atoms with van der Waals surface area (Å²) in [4.78, 5) is 4.11. The molecule has 0 saturated carbocycles. The molecule has 1 atom stereocenters. The summed E-state index contributed by atoms with van der Waals surface area (Å²) in [5, 5.41) is 4.57. The molecular formula is C15H17Cl2N3. The number of nitrogens with one attached hydrogen (secondary N) is 1. The van der Waals surface area contributed by atoms with Gasteiger partial charge < -0.3 is 11.1 Å². The van der Waals surface area contributed by atoms with Crippen LogP contribution in [0.2, 0.25) is 10.0 Å². The van der Waals surface area contributed by atoms with E-state index in [0.717, 1.165) is 12.0 Å². The summed E-state index contributed by atoms with van der Waals surface area (Å²) in [5.41, 5.74) is 8.07. The molecule has 1 aromatic carbocycles. The van der Waals surface area contributed by atoms with Crippen molar-refractivity contribution in [1.29, 1.82) is 0 Å². The first-order valence-electron chi connectivity index (χ1n) is 6.45. The van der Waals surface area contributed by atoms with Crippen LogP contribution in [0.4, 0.5) is 0 Å². The highest BCUT2D eigenvalue weighted by molar-refractivity contribution is 6.42. The Labute approximate surface area is 129 Å². The number of aromatic nitrogens is 1. The third-order valence-electron chi connectivity index (χ3n) is 3.07. The molecular weight excluding hydrogens is 293 g/mol.